The second kappa shape index (κ2) is 9.65. The lowest BCUT2D eigenvalue weighted by Gasteiger charge is -2.40. The molecular weight excluding hydrogens is 452 g/mol. The Bertz CT molecular complexity index is 1210. The first-order valence-corrected chi connectivity index (χ1v) is 12.1. The number of thiophene rings is 1. The first-order chi connectivity index (χ1) is 16.2. The summed E-state index contributed by atoms with van der Waals surface area (Å²) >= 11 is 1.27. The van der Waals surface area contributed by atoms with Gasteiger partial charge in [-0.3, -0.25) is 19.6 Å². The highest BCUT2D eigenvalue weighted by molar-refractivity contribution is 7.23. The second-order valence-corrected chi connectivity index (χ2v) is 10.3. The minimum Gasteiger partial charge on any atom is -0.391 e. The van der Waals surface area contributed by atoms with Crippen LogP contribution in [-0.4, -0.2) is 52.0 Å². The summed E-state index contributed by atoms with van der Waals surface area (Å²) < 4.78 is 0.735. The molecule has 4 rings (SSSR count). The highest BCUT2D eigenvalue weighted by Crippen LogP contribution is 2.35. The molecule has 4 heterocycles. The Labute approximate surface area is 202 Å². The molecule has 1 aliphatic heterocycles. The number of hydrogen-bond donors (Lipinski definition) is 4. The van der Waals surface area contributed by atoms with Gasteiger partial charge in [-0.25, -0.2) is 0 Å². The molecule has 0 saturated carbocycles. The van der Waals surface area contributed by atoms with Gasteiger partial charge in [-0.15, -0.1) is 11.3 Å². The zero-order valence-corrected chi connectivity index (χ0v) is 20.3. The van der Waals surface area contributed by atoms with Crippen LogP contribution in [0.2, 0.25) is 0 Å². The lowest BCUT2D eigenvalue weighted by atomic mass is 9.92. The number of amides is 1. The summed E-state index contributed by atoms with van der Waals surface area (Å²) in [6.45, 7) is 6.72. The van der Waals surface area contributed by atoms with E-state index >= 15 is 0 Å². The number of fused-ring (bicyclic) bond motifs is 1. The number of nitrogens with zero attached hydrogens (tertiary/aromatic N) is 3. The third-order valence-electron chi connectivity index (χ3n) is 6.16. The quantitative estimate of drug-likeness (QED) is 0.392. The van der Waals surface area contributed by atoms with E-state index in [9.17, 15) is 14.7 Å². The van der Waals surface area contributed by atoms with Crippen LogP contribution in [0.3, 0.4) is 0 Å². The molecule has 6 N–H and O–H groups in total. The maximum atomic E-state index is 13.4. The Kier molecular flexibility index (Phi) is 6.83. The van der Waals surface area contributed by atoms with Gasteiger partial charge in [0.05, 0.1) is 38.8 Å². The number of carbonyl (C=O) groups is 2. The highest BCUT2D eigenvalue weighted by atomic mass is 32.1. The molecule has 3 aromatic rings. The summed E-state index contributed by atoms with van der Waals surface area (Å²) in [5.74, 6) is -0.411. The summed E-state index contributed by atoms with van der Waals surface area (Å²) in [6, 6.07) is 3.29. The van der Waals surface area contributed by atoms with Crippen LogP contribution in [0.5, 0.6) is 0 Å². The fraction of sp³-hybridized carbons (Fsp3) is 0.417. The van der Waals surface area contributed by atoms with Crippen molar-refractivity contribution in [2.24, 2.45) is 17.6 Å². The SMILES string of the molecule is CC(C)C(=O)Nc1cnc2c(C(=O)Cc3cnccc3N3C[C@@H](N)[C@H](O)[C@@H](C)C3)c(N)sc2c1. The van der Waals surface area contributed by atoms with Crippen LogP contribution in [0, 0.1) is 11.8 Å². The van der Waals surface area contributed by atoms with Crippen molar-refractivity contribution in [1.82, 2.24) is 9.97 Å². The van der Waals surface area contributed by atoms with Crippen molar-refractivity contribution in [1.29, 1.82) is 0 Å². The Hall–Kier alpha value is -3.08. The summed E-state index contributed by atoms with van der Waals surface area (Å²) in [7, 11) is 0. The molecule has 1 amide bonds. The molecule has 1 fully saturated rings. The molecule has 0 aliphatic carbocycles. The van der Waals surface area contributed by atoms with Gasteiger partial charge in [-0.2, -0.15) is 0 Å². The predicted molar refractivity (Wildman–Crippen MR) is 135 cm³/mol. The summed E-state index contributed by atoms with van der Waals surface area (Å²) in [5.41, 5.74) is 15.5. The number of aliphatic hydroxyl groups is 1. The van der Waals surface area contributed by atoms with E-state index in [0.717, 1.165) is 16.0 Å². The lowest BCUT2D eigenvalue weighted by Crippen LogP contribution is -2.55. The van der Waals surface area contributed by atoms with Crippen molar-refractivity contribution in [2.75, 3.05) is 29.0 Å². The van der Waals surface area contributed by atoms with Crippen LogP contribution >= 0.6 is 11.3 Å². The number of carbonyl (C=O) groups excluding carboxylic acids is 2. The number of hydrogen-bond acceptors (Lipinski definition) is 9. The van der Waals surface area contributed by atoms with Gasteiger partial charge in [-0.1, -0.05) is 20.8 Å². The molecule has 0 unspecified atom stereocenters. The number of aromatic nitrogens is 2. The van der Waals surface area contributed by atoms with Crippen LogP contribution in [0.25, 0.3) is 10.2 Å². The monoisotopic (exact) mass is 482 g/mol. The molecule has 10 heteroatoms. The Morgan fingerprint density at radius 3 is 2.79 bits per heavy atom. The van der Waals surface area contributed by atoms with Gasteiger partial charge < -0.3 is 26.8 Å². The normalized spacial score (nSPS) is 20.6. The van der Waals surface area contributed by atoms with E-state index < -0.39 is 6.10 Å². The summed E-state index contributed by atoms with van der Waals surface area (Å²) in [5, 5.41) is 13.4. The molecule has 180 valence electrons. The van der Waals surface area contributed by atoms with Crippen LogP contribution in [0.4, 0.5) is 16.4 Å². The van der Waals surface area contributed by atoms with Crippen molar-refractivity contribution < 1.29 is 14.7 Å². The van der Waals surface area contributed by atoms with E-state index in [1.54, 1.807) is 24.7 Å². The van der Waals surface area contributed by atoms with Crippen LogP contribution in [0.15, 0.2) is 30.7 Å². The number of anilines is 3. The number of pyridine rings is 2. The van der Waals surface area contributed by atoms with E-state index in [2.05, 4.69) is 20.2 Å². The van der Waals surface area contributed by atoms with Crippen molar-refractivity contribution in [3.05, 3.63) is 41.9 Å². The standard InChI is InChI=1S/C24H30N6O3S/c1-12(2)24(33)29-15-7-19-21(28-9-15)20(23(26)34-19)18(31)6-14-8-27-5-4-17(14)30-10-13(3)22(32)16(25)11-30/h4-5,7-9,12-13,16,22,32H,6,10-11,25-26H2,1-3H3,(H,29,33)/t13-,16+,22+/m0/s1. The minimum absolute atomic E-state index is 0.00603. The largest absolute Gasteiger partial charge is 0.391 e. The fourth-order valence-corrected chi connectivity index (χ4v) is 5.24. The Balaban J connectivity index is 1.60. The molecule has 34 heavy (non-hydrogen) atoms. The zero-order valence-electron chi connectivity index (χ0n) is 19.5. The maximum Gasteiger partial charge on any atom is 0.226 e. The van der Waals surface area contributed by atoms with Gasteiger partial charge in [0.15, 0.2) is 5.78 Å². The van der Waals surface area contributed by atoms with Gasteiger partial charge in [-0.05, 0) is 12.1 Å². The molecule has 0 radical (unpaired) electrons. The number of Topliss-reactive ketones (excluding diaryl/α,β-unsaturated/α-hetero) is 1. The number of rotatable bonds is 6. The molecule has 3 aromatic heterocycles. The molecule has 9 nitrogen and oxygen atoms in total. The third kappa shape index (κ3) is 4.75. The van der Waals surface area contributed by atoms with Crippen molar-refractivity contribution in [3.63, 3.8) is 0 Å². The minimum atomic E-state index is -0.554. The number of piperidine rings is 1. The average molecular weight is 483 g/mol. The van der Waals surface area contributed by atoms with E-state index in [1.807, 2.05) is 26.8 Å². The predicted octanol–water partition coefficient (Wildman–Crippen LogP) is 2.44. The number of nitrogen functional groups attached to an aromatic ring is 1. The summed E-state index contributed by atoms with van der Waals surface area (Å²) in [6.07, 6.45) is 4.47. The second-order valence-electron chi connectivity index (χ2n) is 9.20. The number of nitrogens with two attached hydrogens (primary N) is 2. The molecular formula is C24H30N6O3S. The van der Waals surface area contributed by atoms with Crippen molar-refractivity contribution in [2.45, 2.75) is 39.3 Å². The molecule has 1 saturated heterocycles. The van der Waals surface area contributed by atoms with Crippen molar-refractivity contribution in [3.8, 4) is 0 Å². The lowest BCUT2D eigenvalue weighted by molar-refractivity contribution is -0.118. The molecule has 1 aliphatic rings. The van der Waals surface area contributed by atoms with E-state index in [0.29, 0.717) is 34.9 Å². The van der Waals surface area contributed by atoms with Crippen LogP contribution in [-0.2, 0) is 11.2 Å². The van der Waals surface area contributed by atoms with E-state index in [1.165, 1.54) is 11.3 Å². The van der Waals surface area contributed by atoms with Gasteiger partial charge >= 0.3 is 0 Å². The Morgan fingerprint density at radius 1 is 1.32 bits per heavy atom. The average Bonchev–Trinajstić information content (AvgIpc) is 3.12. The van der Waals surface area contributed by atoms with Gasteiger partial charge in [0, 0.05) is 61.0 Å². The summed E-state index contributed by atoms with van der Waals surface area (Å²) in [4.78, 5) is 36.2. The fourth-order valence-electron chi connectivity index (χ4n) is 4.26. The first kappa shape index (κ1) is 24.1. The topological polar surface area (TPSA) is 147 Å². The van der Waals surface area contributed by atoms with E-state index in [4.69, 9.17) is 11.5 Å². The number of aliphatic hydroxyl groups excluding tert-OH is 1. The molecule has 0 spiro atoms. The van der Waals surface area contributed by atoms with Gasteiger partial charge in [0.25, 0.3) is 0 Å². The Morgan fingerprint density at radius 2 is 2.09 bits per heavy atom. The van der Waals surface area contributed by atoms with E-state index in [-0.39, 0.29) is 36.0 Å². The molecule has 3 atom stereocenters. The number of nitrogens with one attached hydrogen (secondary N) is 1. The van der Waals surface area contributed by atoms with Gasteiger partial charge in [0.2, 0.25) is 5.91 Å². The van der Waals surface area contributed by atoms with Crippen LogP contribution < -0.4 is 21.7 Å². The number of ketones is 1. The molecule has 0 bridgehead atoms. The van der Waals surface area contributed by atoms with Crippen molar-refractivity contribution >= 4 is 49.6 Å². The highest BCUT2D eigenvalue weighted by Gasteiger charge is 2.32. The smallest absolute Gasteiger partial charge is 0.226 e. The maximum absolute atomic E-state index is 13.4. The van der Waals surface area contributed by atoms with Crippen LogP contribution in [0.1, 0.15) is 36.7 Å². The van der Waals surface area contributed by atoms with Gasteiger partial charge in [0.1, 0.15) is 0 Å². The third-order valence-corrected chi connectivity index (χ3v) is 7.11. The zero-order chi connectivity index (χ0) is 24.6. The first-order valence-electron chi connectivity index (χ1n) is 11.3. The molecule has 0 aromatic carbocycles.